The van der Waals surface area contributed by atoms with Crippen LogP contribution in [0.3, 0.4) is 0 Å². The van der Waals surface area contributed by atoms with Crippen molar-refractivity contribution in [1.82, 2.24) is 4.31 Å². The van der Waals surface area contributed by atoms with Crippen molar-refractivity contribution in [3.05, 3.63) is 59.7 Å². The third kappa shape index (κ3) is 2.69. The van der Waals surface area contributed by atoms with Crippen molar-refractivity contribution < 1.29 is 13.6 Å². The highest BCUT2D eigenvalue weighted by Crippen LogP contribution is 2.42. The monoisotopic (exact) mass is 370 g/mol. The van der Waals surface area contributed by atoms with Gasteiger partial charge in [0.25, 0.3) is 0 Å². The molecular weight excluding hydrogens is 348 g/mol. The second-order valence-electron chi connectivity index (χ2n) is 7.17. The minimum atomic E-state index is -3.75. The topological polar surface area (TPSA) is 72.5 Å². The molecule has 4 rings (SSSR count). The van der Waals surface area contributed by atoms with E-state index in [2.05, 4.69) is 5.32 Å². The Morgan fingerprint density at radius 2 is 1.85 bits per heavy atom. The number of anilines is 1. The van der Waals surface area contributed by atoms with Crippen molar-refractivity contribution in [2.24, 2.45) is 0 Å². The Labute approximate surface area is 154 Å². The fourth-order valence-corrected chi connectivity index (χ4v) is 5.84. The maximum absolute atomic E-state index is 13.4. The molecule has 0 saturated carbocycles. The summed E-state index contributed by atoms with van der Waals surface area (Å²) in [6, 6.07) is 14.5. The second-order valence-corrected chi connectivity index (χ2v) is 9.03. The number of rotatable bonds is 2. The summed E-state index contributed by atoms with van der Waals surface area (Å²) in [6.07, 6.45) is 2.57. The van der Waals surface area contributed by atoms with E-state index in [-0.39, 0.29) is 10.8 Å². The van der Waals surface area contributed by atoms with Gasteiger partial charge in [-0.3, -0.25) is 4.79 Å². The number of carbonyl (C=O) groups excluding carboxylic acids is 1. The van der Waals surface area contributed by atoms with Crippen LogP contribution in [0, 0.1) is 6.92 Å². The first-order valence-electron chi connectivity index (χ1n) is 8.92. The van der Waals surface area contributed by atoms with Crippen LogP contribution in [0.15, 0.2) is 53.4 Å². The molecule has 2 aliphatic heterocycles. The van der Waals surface area contributed by atoms with Gasteiger partial charge in [-0.15, -0.1) is 4.31 Å². The quantitative estimate of drug-likeness (QED) is 0.824. The maximum Gasteiger partial charge on any atom is 0.249 e. The van der Waals surface area contributed by atoms with Gasteiger partial charge in [0.1, 0.15) is 5.54 Å². The zero-order valence-electron chi connectivity index (χ0n) is 14.7. The average molecular weight is 370 g/mol. The summed E-state index contributed by atoms with van der Waals surface area (Å²) in [4.78, 5) is 13.3. The number of nitrogens with zero attached hydrogens (tertiary/aromatic N) is 1. The van der Waals surface area contributed by atoms with Gasteiger partial charge in [-0.1, -0.05) is 40.1 Å². The molecule has 1 amide bonds. The highest BCUT2D eigenvalue weighted by Gasteiger charge is 2.55. The molecule has 1 fully saturated rings. The van der Waals surface area contributed by atoms with Crippen LogP contribution in [-0.2, 0) is 25.8 Å². The minimum absolute atomic E-state index is 0.216. The van der Waals surface area contributed by atoms with Gasteiger partial charge >= 0.3 is 0 Å². The lowest BCUT2D eigenvalue weighted by molar-refractivity contribution is -0.127. The van der Waals surface area contributed by atoms with Gasteiger partial charge in [-0.25, -0.2) is 0 Å². The van der Waals surface area contributed by atoms with Crippen LogP contribution >= 0.6 is 0 Å². The van der Waals surface area contributed by atoms with E-state index in [9.17, 15) is 13.6 Å². The third-order valence-electron chi connectivity index (χ3n) is 5.46. The molecule has 6 heteroatoms. The zero-order chi connectivity index (χ0) is 18.4. The Morgan fingerprint density at radius 1 is 1.12 bits per heavy atom. The number of sulfonamides is 1. The van der Waals surface area contributed by atoms with Gasteiger partial charge in [-0.05, 0) is 49.9 Å². The molecule has 5 nitrogen and oxygen atoms in total. The van der Waals surface area contributed by atoms with Crippen molar-refractivity contribution in [3.8, 4) is 0 Å². The third-order valence-corrected chi connectivity index (χ3v) is 7.44. The lowest BCUT2D eigenvalue weighted by Crippen LogP contribution is -2.65. The molecular formula is C20H22N2O3S. The molecule has 2 heterocycles. The summed E-state index contributed by atoms with van der Waals surface area (Å²) < 4.78 is 28.2. The van der Waals surface area contributed by atoms with E-state index < -0.39 is 15.9 Å². The van der Waals surface area contributed by atoms with E-state index in [1.54, 1.807) is 24.3 Å². The van der Waals surface area contributed by atoms with Crippen LogP contribution in [0.2, 0.25) is 0 Å². The number of benzene rings is 2. The lowest BCUT2D eigenvalue weighted by Gasteiger charge is -2.47. The summed E-state index contributed by atoms with van der Waals surface area (Å²) in [5.74, 6) is -0.216. The maximum atomic E-state index is 13.4. The van der Waals surface area contributed by atoms with Crippen LogP contribution in [-0.4, -0.2) is 26.8 Å². The van der Waals surface area contributed by atoms with Crippen molar-refractivity contribution in [1.29, 1.82) is 0 Å². The fraction of sp³-hybridized carbons (Fsp3) is 0.350. The molecule has 26 heavy (non-hydrogen) atoms. The van der Waals surface area contributed by atoms with Crippen LogP contribution in [0.1, 0.15) is 30.4 Å². The fourth-order valence-electron chi connectivity index (χ4n) is 4.03. The van der Waals surface area contributed by atoms with Crippen molar-refractivity contribution in [2.75, 3.05) is 11.9 Å². The molecule has 1 saturated heterocycles. The lowest BCUT2D eigenvalue weighted by atomic mass is 9.79. The summed E-state index contributed by atoms with van der Waals surface area (Å²) in [6.45, 7) is 2.29. The first kappa shape index (κ1) is 17.4. The van der Waals surface area contributed by atoms with Crippen LogP contribution in [0.5, 0.6) is 0 Å². The number of hydrogen-bond acceptors (Lipinski definition) is 3. The standard InChI is InChI=1S/C20H22N2O3S/c1-15-8-10-17(11-9-15)26(24,25)22-13-5-4-12-20(22)14-16-6-2-3-7-18(16)21-19(20)23/h2-3,6-11H,4-5,12-14H2,1H3,(H-,21,23,24,25). The minimum Gasteiger partial charge on any atom is -0.593 e. The molecule has 2 aromatic rings. The van der Waals surface area contributed by atoms with Gasteiger partial charge in [0.05, 0.1) is 0 Å². The smallest absolute Gasteiger partial charge is 0.249 e. The second kappa shape index (κ2) is 6.30. The van der Waals surface area contributed by atoms with E-state index in [4.69, 9.17) is 0 Å². The summed E-state index contributed by atoms with van der Waals surface area (Å²) in [5, 5.41) is 2.94. The van der Waals surface area contributed by atoms with Gasteiger partial charge in [-0.2, -0.15) is 0 Å². The summed E-state index contributed by atoms with van der Waals surface area (Å²) in [5.41, 5.74) is 1.72. The van der Waals surface area contributed by atoms with Gasteiger partial charge in [0, 0.05) is 18.7 Å². The van der Waals surface area contributed by atoms with Crippen LogP contribution < -0.4 is 5.32 Å². The molecule has 2 aromatic carbocycles. The molecule has 2 unspecified atom stereocenters. The number of nitrogens with one attached hydrogen (secondary N) is 1. The number of fused-ring (bicyclic) bond motifs is 1. The number of piperidine rings is 1. The molecule has 2 atom stereocenters. The summed E-state index contributed by atoms with van der Waals surface area (Å²) in [7, 11) is -3.75. The van der Waals surface area contributed by atoms with Crippen LogP contribution in [0.25, 0.3) is 0 Å². The number of amides is 1. The molecule has 2 aliphatic rings. The largest absolute Gasteiger partial charge is 0.593 e. The highest BCUT2D eigenvalue weighted by molar-refractivity contribution is 7.95. The molecule has 136 valence electrons. The Kier molecular flexibility index (Phi) is 4.22. The molecule has 0 radical (unpaired) electrons. The molecule has 1 N–H and O–H groups in total. The number of carbonyl (C=O) groups is 1. The number of para-hydroxylation sites is 1. The highest BCUT2D eigenvalue weighted by atomic mass is 32.3. The van der Waals surface area contributed by atoms with Crippen molar-refractivity contribution in [2.45, 2.75) is 43.0 Å². The predicted molar refractivity (Wildman–Crippen MR) is 100 cm³/mol. The van der Waals surface area contributed by atoms with E-state index in [1.807, 2.05) is 31.2 Å². The first-order chi connectivity index (χ1) is 12.4. The van der Waals surface area contributed by atoms with E-state index >= 15 is 0 Å². The first-order valence-corrected chi connectivity index (χ1v) is 10.4. The SMILES string of the molecule is Cc1ccc([S+](=O)([O-])N2CCCCC23Cc2ccccc2NC3=O)cc1. The predicted octanol–water partition coefficient (Wildman–Crippen LogP) is 3.32. The van der Waals surface area contributed by atoms with Crippen LogP contribution in [0.4, 0.5) is 5.69 Å². The summed E-state index contributed by atoms with van der Waals surface area (Å²) >= 11 is 0. The van der Waals surface area contributed by atoms with E-state index in [1.165, 1.54) is 4.31 Å². The normalized spacial score (nSPS) is 25.4. The van der Waals surface area contributed by atoms with E-state index in [0.717, 1.165) is 29.7 Å². The molecule has 0 aromatic heterocycles. The Balaban J connectivity index is 1.78. The van der Waals surface area contributed by atoms with Gasteiger partial charge in [0.2, 0.25) is 5.91 Å². The van der Waals surface area contributed by atoms with E-state index in [0.29, 0.717) is 19.4 Å². The van der Waals surface area contributed by atoms with Gasteiger partial charge < -0.3 is 9.87 Å². The van der Waals surface area contributed by atoms with Crippen molar-refractivity contribution in [3.63, 3.8) is 0 Å². The Morgan fingerprint density at radius 3 is 2.62 bits per heavy atom. The molecule has 0 bridgehead atoms. The van der Waals surface area contributed by atoms with Crippen molar-refractivity contribution >= 4 is 22.0 Å². The van der Waals surface area contributed by atoms with Gasteiger partial charge in [0.15, 0.2) is 15.3 Å². The number of aryl methyl sites for hydroxylation is 1. The number of hydrogen-bond donors (Lipinski definition) is 1. The molecule has 0 aliphatic carbocycles. The Hall–Kier alpha value is -2.02. The average Bonchev–Trinajstić information content (AvgIpc) is 2.63. The Bertz CT molecular complexity index is 896. The molecule has 1 spiro atoms. The zero-order valence-corrected chi connectivity index (χ0v) is 15.6.